The molecule has 0 fully saturated rings. The number of rotatable bonds is 10. The molecule has 4 atom stereocenters. The predicted molar refractivity (Wildman–Crippen MR) is 92.0 cm³/mol. The second kappa shape index (κ2) is 9.55. The van der Waals surface area contributed by atoms with Crippen molar-refractivity contribution in [2.45, 2.75) is 32.5 Å². The van der Waals surface area contributed by atoms with E-state index in [0.29, 0.717) is 17.7 Å². The maximum Gasteiger partial charge on any atom is 0.315 e. The molecule has 1 aromatic rings. The summed E-state index contributed by atoms with van der Waals surface area (Å²) in [4.78, 5) is 10.8. The topological polar surface area (TPSA) is 111 Å². The first-order chi connectivity index (χ1) is 11.8. The van der Waals surface area contributed by atoms with Crippen molar-refractivity contribution in [1.29, 1.82) is 0 Å². The predicted octanol–water partition coefficient (Wildman–Crippen LogP) is 2.32. The number of nitrogens with zero attached hydrogens (tertiary/aromatic N) is 1. The van der Waals surface area contributed by atoms with Crippen LogP contribution in [-0.2, 0) is 4.74 Å². The Bertz CT molecular complexity index is 578. The Morgan fingerprint density at radius 3 is 2.24 bits per heavy atom. The first kappa shape index (κ1) is 21.1. The molecule has 0 heterocycles. The van der Waals surface area contributed by atoms with Gasteiger partial charge in [-0.2, -0.15) is 0 Å². The molecule has 25 heavy (non-hydrogen) atoms. The van der Waals surface area contributed by atoms with Gasteiger partial charge in [0.25, 0.3) is 0 Å². The first-order valence-electron chi connectivity index (χ1n) is 8.02. The summed E-state index contributed by atoms with van der Waals surface area (Å²) >= 11 is 0. The fourth-order valence-corrected chi connectivity index (χ4v) is 2.82. The zero-order valence-electron chi connectivity index (χ0n) is 15.3. The van der Waals surface area contributed by atoms with E-state index < -0.39 is 17.1 Å². The normalized spacial score (nSPS) is 16.0. The van der Waals surface area contributed by atoms with Crippen LogP contribution >= 0.6 is 0 Å². The van der Waals surface area contributed by atoms with Gasteiger partial charge in [-0.1, -0.05) is 13.8 Å². The molecule has 0 bridgehead atoms. The number of hydrogen-bond donors (Lipinski definition) is 2. The van der Waals surface area contributed by atoms with Crippen LogP contribution in [0.25, 0.3) is 0 Å². The zero-order valence-corrected chi connectivity index (χ0v) is 15.3. The van der Waals surface area contributed by atoms with Crippen molar-refractivity contribution >= 4 is 5.69 Å². The van der Waals surface area contributed by atoms with Gasteiger partial charge in [0.05, 0.1) is 37.4 Å². The van der Waals surface area contributed by atoms with Gasteiger partial charge in [0, 0.05) is 25.2 Å². The number of hydrogen-bond acceptors (Lipinski definition) is 7. The van der Waals surface area contributed by atoms with Crippen LogP contribution in [0.15, 0.2) is 12.1 Å². The molecule has 0 aliphatic heterocycles. The maximum atomic E-state index is 11.3. The number of nitro groups is 1. The van der Waals surface area contributed by atoms with Gasteiger partial charge in [-0.15, -0.1) is 0 Å². The van der Waals surface area contributed by atoms with Crippen LogP contribution < -0.4 is 9.47 Å². The fourth-order valence-electron chi connectivity index (χ4n) is 2.82. The van der Waals surface area contributed by atoms with Crippen molar-refractivity contribution in [3.05, 3.63) is 27.8 Å². The molecule has 0 unspecified atom stereocenters. The van der Waals surface area contributed by atoms with Crippen LogP contribution in [0.4, 0.5) is 5.69 Å². The van der Waals surface area contributed by atoms with Crippen LogP contribution in [0.5, 0.6) is 11.5 Å². The minimum atomic E-state index is -0.718. The maximum absolute atomic E-state index is 11.3. The number of aliphatic hydroxyl groups excluding tert-OH is 2. The quantitative estimate of drug-likeness (QED) is 0.488. The Kier molecular flexibility index (Phi) is 8.08. The van der Waals surface area contributed by atoms with Crippen molar-refractivity contribution in [1.82, 2.24) is 0 Å². The molecule has 0 aliphatic carbocycles. The van der Waals surface area contributed by atoms with Crippen molar-refractivity contribution < 1.29 is 29.3 Å². The molecule has 0 aliphatic rings. The number of aliphatic hydroxyl groups is 2. The highest BCUT2D eigenvalue weighted by Gasteiger charge is 2.31. The van der Waals surface area contributed by atoms with Crippen LogP contribution in [0.1, 0.15) is 31.9 Å². The standard InChI is InChI=1S/C17H27NO7/c1-10(6-15(20)11(2)9-19)16(24-4)13-7-12(23-3)8-14(18(21)22)17(13)25-5/h7-8,10-11,15-16,19-20H,6,9H2,1-5H3/t10-,11-,15-,16+/m1/s1. The second-order valence-corrected chi connectivity index (χ2v) is 6.12. The Balaban J connectivity index is 3.28. The van der Waals surface area contributed by atoms with Crippen molar-refractivity contribution in [3.63, 3.8) is 0 Å². The van der Waals surface area contributed by atoms with E-state index in [1.54, 1.807) is 13.0 Å². The molecule has 1 rings (SSSR count). The molecule has 2 N–H and O–H groups in total. The molecular weight excluding hydrogens is 330 g/mol. The highest BCUT2D eigenvalue weighted by molar-refractivity contribution is 5.57. The molecular formula is C17H27NO7. The smallest absolute Gasteiger partial charge is 0.315 e. The van der Waals surface area contributed by atoms with Crippen LogP contribution in [0.3, 0.4) is 0 Å². The molecule has 8 nitrogen and oxygen atoms in total. The SMILES string of the molecule is COc1cc([C@@H](OC)[C@H](C)C[C@@H](O)[C@H](C)CO)c(OC)c([N+](=O)[O-])c1. The van der Waals surface area contributed by atoms with E-state index in [9.17, 15) is 20.3 Å². The third-order valence-corrected chi connectivity index (χ3v) is 4.34. The Labute approximate surface area is 147 Å². The lowest BCUT2D eigenvalue weighted by Crippen LogP contribution is -2.26. The van der Waals surface area contributed by atoms with Crippen molar-refractivity contribution in [2.24, 2.45) is 11.8 Å². The number of ether oxygens (including phenoxy) is 3. The summed E-state index contributed by atoms with van der Waals surface area (Å²) in [6, 6.07) is 2.93. The summed E-state index contributed by atoms with van der Waals surface area (Å²) in [6.07, 6.45) is -0.914. The molecule has 1 aromatic carbocycles. The fraction of sp³-hybridized carbons (Fsp3) is 0.647. The Morgan fingerprint density at radius 2 is 1.80 bits per heavy atom. The van der Waals surface area contributed by atoms with Crippen molar-refractivity contribution in [2.75, 3.05) is 27.9 Å². The molecule has 0 saturated heterocycles. The third-order valence-electron chi connectivity index (χ3n) is 4.34. The van der Waals surface area contributed by atoms with Crippen LogP contribution in [0.2, 0.25) is 0 Å². The third kappa shape index (κ3) is 5.04. The van der Waals surface area contributed by atoms with Gasteiger partial charge in [0.2, 0.25) is 5.75 Å². The van der Waals surface area contributed by atoms with Gasteiger partial charge in [0.15, 0.2) is 0 Å². The van der Waals surface area contributed by atoms with Crippen LogP contribution in [0, 0.1) is 22.0 Å². The molecule has 0 spiro atoms. The van der Waals surface area contributed by atoms with E-state index in [1.807, 2.05) is 6.92 Å². The van der Waals surface area contributed by atoms with E-state index in [0.717, 1.165) is 0 Å². The Hall–Kier alpha value is -1.90. The largest absolute Gasteiger partial charge is 0.496 e. The lowest BCUT2D eigenvalue weighted by atomic mass is 9.88. The Morgan fingerprint density at radius 1 is 1.16 bits per heavy atom. The molecule has 142 valence electrons. The number of benzene rings is 1. The number of methoxy groups -OCH3 is 3. The second-order valence-electron chi connectivity index (χ2n) is 6.12. The van der Waals surface area contributed by atoms with Gasteiger partial charge >= 0.3 is 5.69 Å². The highest BCUT2D eigenvalue weighted by atomic mass is 16.6. The summed E-state index contributed by atoms with van der Waals surface area (Å²) < 4.78 is 16.0. The van der Waals surface area contributed by atoms with Gasteiger partial charge in [-0.25, -0.2) is 0 Å². The minimum Gasteiger partial charge on any atom is -0.496 e. The van der Waals surface area contributed by atoms with E-state index in [1.165, 1.54) is 27.4 Å². The minimum absolute atomic E-state index is 0.106. The average molecular weight is 357 g/mol. The van der Waals surface area contributed by atoms with E-state index in [-0.39, 0.29) is 29.9 Å². The van der Waals surface area contributed by atoms with Crippen LogP contribution in [-0.4, -0.2) is 49.2 Å². The number of nitro benzene ring substituents is 1. The van der Waals surface area contributed by atoms with Crippen molar-refractivity contribution in [3.8, 4) is 11.5 Å². The summed E-state index contributed by atoms with van der Waals surface area (Å²) in [5.74, 6) is -0.0358. The van der Waals surface area contributed by atoms with Gasteiger partial charge < -0.3 is 24.4 Å². The first-order valence-corrected chi connectivity index (χ1v) is 8.02. The highest BCUT2D eigenvalue weighted by Crippen LogP contribution is 2.42. The molecule has 0 amide bonds. The van der Waals surface area contributed by atoms with E-state index in [4.69, 9.17) is 14.2 Å². The molecule has 0 saturated carbocycles. The monoisotopic (exact) mass is 357 g/mol. The molecule has 0 aromatic heterocycles. The summed E-state index contributed by atoms with van der Waals surface area (Å²) in [5.41, 5.74) is 0.266. The summed E-state index contributed by atoms with van der Waals surface area (Å²) in [7, 11) is 4.28. The zero-order chi connectivity index (χ0) is 19.1. The summed E-state index contributed by atoms with van der Waals surface area (Å²) in [6.45, 7) is 3.49. The van der Waals surface area contributed by atoms with Gasteiger partial charge in [0.1, 0.15) is 5.75 Å². The molecule has 0 radical (unpaired) electrons. The molecule has 8 heteroatoms. The summed E-state index contributed by atoms with van der Waals surface area (Å²) in [5, 5.41) is 30.7. The lowest BCUT2D eigenvalue weighted by Gasteiger charge is -2.28. The lowest BCUT2D eigenvalue weighted by molar-refractivity contribution is -0.385. The average Bonchev–Trinajstić information content (AvgIpc) is 2.60. The van der Waals surface area contributed by atoms with E-state index in [2.05, 4.69) is 0 Å². The van der Waals surface area contributed by atoms with Gasteiger partial charge in [-0.05, 0) is 18.4 Å². The van der Waals surface area contributed by atoms with Gasteiger partial charge in [-0.3, -0.25) is 10.1 Å². The van der Waals surface area contributed by atoms with E-state index >= 15 is 0 Å².